The highest BCUT2D eigenvalue weighted by Crippen LogP contribution is 2.26. The van der Waals surface area contributed by atoms with Crippen LogP contribution in [-0.4, -0.2) is 24.5 Å². The molecule has 2 amide bonds. The van der Waals surface area contributed by atoms with Gasteiger partial charge in [-0.3, -0.25) is 9.59 Å². The SMILES string of the molecule is Cc1cc(OCC(=O)Nc2ccc(NC(=O)C(C)Oc3ccccc3Cl)cc2)cc(C)c1Cl. The summed E-state index contributed by atoms with van der Waals surface area (Å²) in [5.41, 5.74) is 2.91. The summed E-state index contributed by atoms with van der Waals surface area (Å²) in [6.07, 6.45) is -0.749. The van der Waals surface area contributed by atoms with Gasteiger partial charge >= 0.3 is 0 Å². The van der Waals surface area contributed by atoms with Crippen LogP contribution in [0.3, 0.4) is 0 Å². The Bertz CT molecular complexity index is 1130. The molecule has 0 radical (unpaired) electrons. The second kappa shape index (κ2) is 11.1. The van der Waals surface area contributed by atoms with Gasteiger partial charge in [0.05, 0.1) is 5.02 Å². The van der Waals surface area contributed by atoms with Crippen molar-refractivity contribution in [3.8, 4) is 11.5 Å². The maximum atomic E-state index is 12.4. The quantitative estimate of drug-likeness (QED) is 0.407. The van der Waals surface area contributed by atoms with Gasteiger partial charge in [0.1, 0.15) is 11.5 Å². The van der Waals surface area contributed by atoms with Crippen molar-refractivity contribution < 1.29 is 19.1 Å². The molecule has 1 unspecified atom stereocenters. The molecular weight excluding hydrogens is 463 g/mol. The molecule has 0 aromatic heterocycles. The van der Waals surface area contributed by atoms with Crippen molar-refractivity contribution in [1.29, 1.82) is 0 Å². The van der Waals surface area contributed by atoms with Crippen molar-refractivity contribution in [2.45, 2.75) is 26.9 Å². The number of hydrogen-bond acceptors (Lipinski definition) is 4. The molecule has 0 saturated heterocycles. The third kappa shape index (κ3) is 6.88. The van der Waals surface area contributed by atoms with Gasteiger partial charge in [0.25, 0.3) is 11.8 Å². The van der Waals surface area contributed by atoms with E-state index in [0.29, 0.717) is 32.9 Å². The normalized spacial score (nSPS) is 11.4. The Morgan fingerprint density at radius 1 is 0.909 bits per heavy atom. The van der Waals surface area contributed by atoms with E-state index in [-0.39, 0.29) is 18.4 Å². The zero-order valence-corrected chi connectivity index (χ0v) is 20.0. The van der Waals surface area contributed by atoms with Crippen molar-refractivity contribution in [2.75, 3.05) is 17.2 Å². The van der Waals surface area contributed by atoms with Crippen LogP contribution in [0.15, 0.2) is 60.7 Å². The first-order valence-electron chi connectivity index (χ1n) is 10.2. The first kappa shape index (κ1) is 24.4. The molecule has 172 valence electrons. The van der Waals surface area contributed by atoms with E-state index in [4.69, 9.17) is 32.7 Å². The zero-order valence-electron chi connectivity index (χ0n) is 18.4. The lowest BCUT2D eigenvalue weighted by Gasteiger charge is -2.16. The van der Waals surface area contributed by atoms with Crippen LogP contribution < -0.4 is 20.1 Å². The highest BCUT2D eigenvalue weighted by molar-refractivity contribution is 6.32. The summed E-state index contributed by atoms with van der Waals surface area (Å²) in [5, 5.41) is 6.64. The van der Waals surface area contributed by atoms with Crippen LogP contribution in [0.2, 0.25) is 10.0 Å². The molecule has 1 atom stereocenters. The zero-order chi connectivity index (χ0) is 24.0. The highest BCUT2D eigenvalue weighted by atomic mass is 35.5. The van der Waals surface area contributed by atoms with E-state index in [1.54, 1.807) is 67.6 Å². The molecule has 0 heterocycles. The number of benzene rings is 3. The number of ether oxygens (including phenoxy) is 2. The minimum atomic E-state index is -0.749. The number of halogens is 2. The van der Waals surface area contributed by atoms with Crippen molar-refractivity contribution in [2.24, 2.45) is 0 Å². The molecule has 3 aromatic rings. The van der Waals surface area contributed by atoms with E-state index < -0.39 is 6.10 Å². The molecule has 3 aromatic carbocycles. The van der Waals surface area contributed by atoms with Gasteiger partial charge in [0, 0.05) is 16.4 Å². The minimum absolute atomic E-state index is 0.143. The average molecular weight is 487 g/mol. The summed E-state index contributed by atoms with van der Waals surface area (Å²) in [6, 6.07) is 17.3. The molecule has 0 aliphatic carbocycles. The molecule has 8 heteroatoms. The van der Waals surface area contributed by atoms with E-state index >= 15 is 0 Å². The second-order valence-electron chi connectivity index (χ2n) is 7.47. The Balaban J connectivity index is 1.49. The Morgan fingerprint density at radius 3 is 2.09 bits per heavy atom. The van der Waals surface area contributed by atoms with Crippen LogP contribution >= 0.6 is 23.2 Å². The topological polar surface area (TPSA) is 76.7 Å². The average Bonchev–Trinajstić information content (AvgIpc) is 2.78. The van der Waals surface area contributed by atoms with E-state index in [1.807, 2.05) is 13.8 Å². The molecular formula is C25H24Cl2N2O4. The van der Waals surface area contributed by atoms with E-state index in [0.717, 1.165) is 11.1 Å². The van der Waals surface area contributed by atoms with Gasteiger partial charge in [-0.25, -0.2) is 0 Å². The number of carbonyl (C=O) groups is 2. The molecule has 2 N–H and O–H groups in total. The maximum absolute atomic E-state index is 12.4. The number of para-hydroxylation sites is 1. The van der Waals surface area contributed by atoms with Gasteiger partial charge in [-0.1, -0.05) is 35.3 Å². The molecule has 0 bridgehead atoms. The number of aryl methyl sites for hydroxylation is 2. The van der Waals surface area contributed by atoms with Crippen LogP contribution in [0.5, 0.6) is 11.5 Å². The standard InChI is InChI=1S/C25H24Cl2N2O4/c1-15-12-20(13-16(2)24(15)27)32-14-23(30)28-18-8-10-19(11-9-18)29-25(31)17(3)33-22-7-5-4-6-21(22)26/h4-13,17H,14H2,1-3H3,(H,28,30)(H,29,31). The van der Waals surface area contributed by atoms with E-state index in [1.165, 1.54) is 0 Å². The van der Waals surface area contributed by atoms with Crippen LogP contribution in [-0.2, 0) is 9.59 Å². The van der Waals surface area contributed by atoms with Crippen molar-refractivity contribution in [3.63, 3.8) is 0 Å². The number of rotatable bonds is 8. The summed E-state index contributed by atoms with van der Waals surface area (Å²) in [6.45, 7) is 5.26. The molecule has 0 aliphatic heterocycles. The lowest BCUT2D eigenvalue weighted by atomic mass is 10.1. The number of amides is 2. The van der Waals surface area contributed by atoms with Crippen LogP contribution in [0.1, 0.15) is 18.1 Å². The van der Waals surface area contributed by atoms with Gasteiger partial charge in [-0.15, -0.1) is 0 Å². The first-order chi connectivity index (χ1) is 15.7. The molecule has 0 saturated carbocycles. The Kier molecular flexibility index (Phi) is 8.20. The van der Waals surface area contributed by atoms with E-state index in [9.17, 15) is 9.59 Å². The highest BCUT2D eigenvalue weighted by Gasteiger charge is 2.16. The fraction of sp³-hybridized carbons (Fsp3) is 0.200. The molecule has 3 rings (SSSR count). The van der Waals surface area contributed by atoms with E-state index in [2.05, 4.69) is 10.6 Å². The third-order valence-corrected chi connectivity index (χ3v) is 5.63. The summed E-state index contributed by atoms with van der Waals surface area (Å²) in [7, 11) is 0. The first-order valence-corrected chi connectivity index (χ1v) is 11.0. The number of nitrogens with one attached hydrogen (secondary N) is 2. The van der Waals surface area contributed by atoms with Gasteiger partial charge < -0.3 is 20.1 Å². The predicted molar refractivity (Wildman–Crippen MR) is 132 cm³/mol. The number of hydrogen-bond donors (Lipinski definition) is 2. The Morgan fingerprint density at radius 2 is 1.48 bits per heavy atom. The van der Waals surface area contributed by atoms with Gasteiger partial charge in [-0.05, 0) is 80.4 Å². The van der Waals surface area contributed by atoms with Crippen molar-refractivity contribution >= 4 is 46.4 Å². The van der Waals surface area contributed by atoms with Gasteiger partial charge in [0.2, 0.25) is 0 Å². The molecule has 0 aliphatic rings. The Labute approximate surface area is 202 Å². The third-order valence-electron chi connectivity index (χ3n) is 4.73. The largest absolute Gasteiger partial charge is 0.484 e. The summed E-state index contributed by atoms with van der Waals surface area (Å²) < 4.78 is 11.2. The van der Waals surface area contributed by atoms with Crippen molar-refractivity contribution in [1.82, 2.24) is 0 Å². The molecule has 33 heavy (non-hydrogen) atoms. The smallest absolute Gasteiger partial charge is 0.265 e. The monoisotopic (exact) mass is 486 g/mol. The van der Waals surface area contributed by atoms with Crippen LogP contribution in [0, 0.1) is 13.8 Å². The maximum Gasteiger partial charge on any atom is 0.265 e. The fourth-order valence-corrected chi connectivity index (χ4v) is 3.29. The molecule has 0 fully saturated rings. The molecule has 6 nitrogen and oxygen atoms in total. The van der Waals surface area contributed by atoms with Crippen molar-refractivity contribution in [3.05, 3.63) is 81.8 Å². The number of anilines is 2. The lowest BCUT2D eigenvalue weighted by molar-refractivity contribution is -0.122. The lowest BCUT2D eigenvalue weighted by Crippen LogP contribution is -2.30. The fourth-order valence-electron chi connectivity index (χ4n) is 3.00. The second-order valence-corrected chi connectivity index (χ2v) is 8.25. The van der Waals surface area contributed by atoms with Gasteiger partial charge in [0.15, 0.2) is 12.7 Å². The summed E-state index contributed by atoms with van der Waals surface area (Å²) in [5.74, 6) is 0.384. The summed E-state index contributed by atoms with van der Waals surface area (Å²) in [4.78, 5) is 24.6. The predicted octanol–water partition coefficient (Wildman–Crippen LogP) is 6.03. The van der Waals surface area contributed by atoms with Crippen LogP contribution in [0.25, 0.3) is 0 Å². The number of carbonyl (C=O) groups excluding carboxylic acids is 2. The van der Waals surface area contributed by atoms with Crippen LogP contribution in [0.4, 0.5) is 11.4 Å². The Hall–Kier alpha value is -3.22. The molecule has 0 spiro atoms. The summed E-state index contributed by atoms with van der Waals surface area (Å²) >= 11 is 12.2. The van der Waals surface area contributed by atoms with Gasteiger partial charge in [-0.2, -0.15) is 0 Å². The minimum Gasteiger partial charge on any atom is -0.484 e.